The van der Waals surface area contributed by atoms with Gasteiger partial charge in [-0.3, -0.25) is 0 Å². The molecule has 0 radical (unpaired) electrons. The lowest BCUT2D eigenvalue weighted by Gasteiger charge is -2.18. The molecule has 1 N–H and O–H groups in total. The van der Waals surface area contributed by atoms with Gasteiger partial charge < -0.3 is 9.73 Å². The summed E-state index contributed by atoms with van der Waals surface area (Å²) in [4.78, 5) is 5.60. The van der Waals surface area contributed by atoms with Gasteiger partial charge in [-0.05, 0) is 32.9 Å². The van der Waals surface area contributed by atoms with Crippen LogP contribution in [0.2, 0.25) is 0 Å². The number of nitrogens with zero attached hydrogens (tertiary/aromatic N) is 1. The second-order valence-corrected chi connectivity index (χ2v) is 5.26. The van der Waals surface area contributed by atoms with Crippen molar-refractivity contribution in [3.8, 4) is 0 Å². The van der Waals surface area contributed by atoms with Crippen molar-refractivity contribution in [2.45, 2.75) is 39.3 Å². The van der Waals surface area contributed by atoms with E-state index >= 15 is 0 Å². The Hall–Kier alpha value is -1.13. The van der Waals surface area contributed by atoms with Gasteiger partial charge in [0.15, 0.2) is 0 Å². The van der Waals surface area contributed by atoms with Gasteiger partial charge in [-0.1, -0.05) is 0 Å². The predicted molar refractivity (Wildman–Crippen MR) is 70.3 cm³/mol. The van der Waals surface area contributed by atoms with E-state index in [-0.39, 0.29) is 0 Å². The average molecular weight is 250 g/mol. The lowest BCUT2D eigenvalue weighted by Crippen LogP contribution is -2.30. The predicted octanol–water partition coefficient (Wildman–Crippen LogP) is 3.33. The second kappa shape index (κ2) is 5.47. The highest BCUT2D eigenvalue weighted by atomic mass is 32.1. The quantitative estimate of drug-likeness (QED) is 0.884. The van der Waals surface area contributed by atoms with Gasteiger partial charge >= 0.3 is 0 Å². The highest BCUT2D eigenvalue weighted by Gasteiger charge is 2.14. The van der Waals surface area contributed by atoms with Crippen LogP contribution in [0.4, 0.5) is 0 Å². The third kappa shape index (κ3) is 3.17. The lowest BCUT2D eigenvalue weighted by molar-refractivity contribution is 0.430. The number of thiazole rings is 1. The van der Waals surface area contributed by atoms with Crippen LogP contribution >= 0.6 is 11.3 Å². The van der Waals surface area contributed by atoms with E-state index < -0.39 is 0 Å². The molecule has 0 saturated heterocycles. The van der Waals surface area contributed by atoms with Gasteiger partial charge in [0.2, 0.25) is 0 Å². The Kier molecular flexibility index (Phi) is 3.97. The minimum atomic E-state index is 0.340. The van der Waals surface area contributed by atoms with E-state index in [0.717, 1.165) is 17.9 Å². The highest BCUT2D eigenvalue weighted by Crippen LogP contribution is 2.21. The molecule has 2 aromatic rings. The summed E-state index contributed by atoms with van der Waals surface area (Å²) in [6.45, 7) is 6.41. The van der Waals surface area contributed by atoms with Crippen LogP contribution < -0.4 is 5.32 Å². The SMILES string of the molecule is Cc1ncsc1C(C)NC(C)Cc1ccco1. The minimum absolute atomic E-state index is 0.340. The van der Waals surface area contributed by atoms with Crippen LogP contribution in [-0.4, -0.2) is 11.0 Å². The molecule has 3 nitrogen and oxygen atoms in total. The van der Waals surface area contributed by atoms with Gasteiger partial charge in [0, 0.05) is 23.4 Å². The molecule has 0 aliphatic carbocycles. The number of furan rings is 1. The lowest BCUT2D eigenvalue weighted by atomic mass is 10.1. The van der Waals surface area contributed by atoms with Crippen molar-refractivity contribution in [3.63, 3.8) is 0 Å². The maximum Gasteiger partial charge on any atom is 0.105 e. The fraction of sp³-hybridized carbons (Fsp3) is 0.462. The van der Waals surface area contributed by atoms with Gasteiger partial charge in [-0.15, -0.1) is 11.3 Å². The van der Waals surface area contributed by atoms with E-state index in [1.807, 2.05) is 17.6 Å². The summed E-state index contributed by atoms with van der Waals surface area (Å²) in [5.74, 6) is 1.03. The first-order chi connectivity index (χ1) is 8.16. The maximum absolute atomic E-state index is 5.35. The molecule has 0 aromatic carbocycles. The van der Waals surface area contributed by atoms with Crippen LogP contribution in [0.3, 0.4) is 0 Å². The number of nitrogens with one attached hydrogen (secondary N) is 1. The molecule has 2 atom stereocenters. The molecule has 0 amide bonds. The van der Waals surface area contributed by atoms with Crippen LogP contribution in [0.5, 0.6) is 0 Å². The van der Waals surface area contributed by atoms with Crippen molar-refractivity contribution in [1.82, 2.24) is 10.3 Å². The molecular formula is C13H18N2OS. The van der Waals surface area contributed by atoms with Crippen LogP contribution in [0.1, 0.15) is 36.2 Å². The Labute approximate surface area is 106 Å². The van der Waals surface area contributed by atoms with Crippen molar-refractivity contribution in [2.24, 2.45) is 0 Å². The number of aryl methyl sites for hydroxylation is 1. The number of hydrogen-bond donors (Lipinski definition) is 1. The molecule has 92 valence electrons. The molecule has 0 bridgehead atoms. The summed E-state index contributed by atoms with van der Waals surface area (Å²) >= 11 is 1.71. The fourth-order valence-electron chi connectivity index (χ4n) is 2.02. The molecule has 2 heterocycles. The first-order valence-corrected chi connectivity index (χ1v) is 6.73. The first-order valence-electron chi connectivity index (χ1n) is 5.85. The van der Waals surface area contributed by atoms with Crippen LogP contribution in [0.25, 0.3) is 0 Å². The number of aromatic nitrogens is 1. The van der Waals surface area contributed by atoms with E-state index in [4.69, 9.17) is 4.42 Å². The molecule has 4 heteroatoms. The molecule has 0 spiro atoms. The summed E-state index contributed by atoms with van der Waals surface area (Å²) in [5, 5.41) is 3.57. The minimum Gasteiger partial charge on any atom is -0.469 e. The van der Waals surface area contributed by atoms with Crippen molar-refractivity contribution in [3.05, 3.63) is 40.2 Å². The Morgan fingerprint density at radius 2 is 2.29 bits per heavy atom. The summed E-state index contributed by atoms with van der Waals surface area (Å²) < 4.78 is 5.35. The average Bonchev–Trinajstić information content (AvgIpc) is 2.88. The van der Waals surface area contributed by atoms with Gasteiger partial charge in [0.05, 0.1) is 17.5 Å². The van der Waals surface area contributed by atoms with E-state index in [0.29, 0.717) is 12.1 Å². The molecule has 0 fully saturated rings. The number of hydrogen-bond acceptors (Lipinski definition) is 4. The van der Waals surface area contributed by atoms with Crippen LogP contribution in [-0.2, 0) is 6.42 Å². The molecule has 2 aromatic heterocycles. The molecule has 0 saturated carbocycles. The largest absolute Gasteiger partial charge is 0.469 e. The summed E-state index contributed by atoms with van der Waals surface area (Å²) in [6, 6.07) is 4.67. The van der Waals surface area contributed by atoms with E-state index in [1.165, 1.54) is 4.88 Å². The molecule has 2 unspecified atom stereocenters. The fourth-order valence-corrected chi connectivity index (χ4v) is 2.84. The third-order valence-electron chi connectivity index (χ3n) is 2.80. The summed E-state index contributed by atoms with van der Waals surface area (Å²) in [7, 11) is 0. The van der Waals surface area contributed by atoms with Gasteiger partial charge in [-0.25, -0.2) is 4.98 Å². The molecule has 0 aliphatic heterocycles. The highest BCUT2D eigenvalue weighted by molar-refractivity contribution is 7.09. The van der Waals surface area contributed by atoms with E-state index in [1.54, 1.807) is 17.6 Å². The Morgan fingerprint density at radius 1 is 1.47 bits per heavy atom. The Bertz CT molecular complexity index is 450. The van der Waals surface area contributed by atoms with Gasteiger partial charge in [0.1, 0.15) is 5.76 Å². The molecular weight excluding hydrogens is 232 g/mol. The van der Waals surface area contributed by atoms with Crippen molar-refractivity contribution in [1.29, 1.82) is 0 Å². The standard InChI is InChI=1S/C13H18N2OS/c1-9(7-12-5-4-6-16-12)15-11(3)13-10(2)14-8-17-13/h4-6,8-9,11,15H,7H2,1-3H3. The van der Waals surface area contributed by atoms with Crippen LogP contribution in [0.15, 0.2) is 28.3 Å². The van der Waals surface area contributed by atoms with Crippen molar-refractivity contribution >= 4 is 11.3 Å². The topological polar surface area (TPSA) is 38.1 Å². The molecule has 2 rings (SSSR count). The summed E-state index contributed by atoms with van der Waals surface area (Å²) in [5.41, 5.74) is 3.03. The molecule has 0 aliphatic rings. The number of rotatable bonds is 5. The van der Waals surface area contributed by atoms with Gasteiger partial charge in [0.25, 0.3) is 0 Å². The zero-order valence-corrected chi connectivity index (χ0v) is 11.3. The van der Waals surface area contributed by atoms with Crippen molar-refractivity contribution in [2.75, 3.05) is 0 Å². The Morgan fingerprint density at radius 3 is 2.88 bits per heavy atom. The third-order valence-corrected chi connectivity index (χ3v) is 3.91. The smallest absolute Gasteiger partial charge is 0.105 e. The Balaban J connectivity index is 1.90. The monoisotopic (exact) mass is 250 g/mol. The normalized spacial score (nSPS) is 14.8. The van der Waals surface area contributed by atoms with Gasteiger partial charge in [-0.2, -0.15) is 0 Å². The molecule has 17 heavy (non-hydrogen) atoms. The summed E-state index contributed by atoms with van der Waals surface area (Å²) in [6.07, 6.45) is 2.63. The zero-order valence-electron chi connectivity index (χ0n) is 10.4. The van der Waals surface area contributed by atoms with E-state index in [9.17, 15) is 0 Å². The van der Waals surface area contributed by atoms with E-state index in [2.05, 4.69) is 31.1 Å². The first kappa shape index (κ1) is 12.3. The maximum atomic E-state index is 5.35. The zero-order chi connectivity index (χ0) is 12.3. The van der Waals surface area contributed by atoms with Crippen molar-refractivity contribution < 1.29 is 4.42 Å². The van der Waals surface area contributed by atoms with Crippen LogP contribution in [0, 0.1) is 6.92 Å². The second-order valence-electron chi connectivity index (χ2n) is 4.37.